The van der Waals surface area contributed by atoms with Gasteiger partial charge in [0.1, 0.15) is 0 Å². The standard InChI is InChI=1S/C19H27N3O2/c1-5-6-19-20-18(21-24-19)11-22-10-17(23-12-15(22)4)16-9-13(2)7-8-14(16)3/h7-9,15,17H,5-6,10-12H2,1-4H3. The molecule has 1 saturated heterocycles. The summed E-state index contributed by atoms with van der Waals surface area (Å²) in [4.78, 5) is 6.88. The molecular formula is C19H27N3O2. The van der Waals surface area contributed by atoms with E-state index in [9.17, 15) is 0 Å². The van der Waals surface area contributed by atoms with Gasteiger partial charge in [0, 0.05) is 19.0 Å². The van der Waals surface area contributed by atoms with Crippen LogP contribution in [0.3, 0.4) is 0 Å². The van der Waals surface area contributed by atoms with Crippen LogP contribution in [0.5, 0.6) is 0 Å². The molecule has 2 unspecified atom stereocenters. The van der Waals surface area contributed by atoms with Crippen LogP contribution in [0.2, 0.25) is 0 Å². The molecule has 1 aromatic carbocycles. The fourth-order valence-corrected chi connectivity index (χ4v) is 3.17. The highest BCUT2D eigenvalue weighted by Crippen LogP contribution is 2.28. The second kappa shape index (κ2) is 7.45. The lowest BCUT2D eigenvalue weighted by molar-refractivity contribution is -0.0644. The van der Waals surface area contributed by atoms with Gasteiger partial charge in [-0.2, -0.15) is 4.98 Å². The number of hydrogen-bond donors (Lipinski definition) is 0. The lowest BCUT2D eigenvalue weighted by atomic mass is 9.99. The number of hydrogen-bond acceptors (Lipinski definition) is 5. The van der Waals surface area contributed by atoms with Gasteiger partial charge < -0.3 is 9.26 Å². The molecule has 130 valence electrons. The zero-order chi connectivity index (χ0) is 17.1. The summed E-state index contributed by atoms with van der Waals surface area (Å²) >= 11 is 0. The Morgan fingerprint density at radius 3 is 2.92 bits per heavy atom. The first kappa shape index (κ1) is 17.1. The van der Waals surface area contributed by atoms with Crippen LogP contribution in [0.15, 0.2) is 22.7 Å². The van der Waals surface area contributed by atoms with E-state index < -0.39 is 0 Å². The van der Waals surface area contributed by atoms with E-state index in [2.05, 4.69) is 60.9 Å². The molecule has 5 nitrogen and oxygen atoms in total. The molecule has 0 saturated carbocycles. The predicted molar refractivity (Wildman–Crippen MR) is 92.8 cm³/mol. The Morgan fingerprint density at radius 2 is 2.12 bits per heavy atom. The van der Waals surface area contributed by atoms with Crippen molar-refractivity contribution in [3.05, 3.63) is 46.6 Å². The second-order valence-electron chi connectivity index (χ2n) is 6.81. The van der Waals surface area contributed by atoms with Gasteiger partial charge in [0.2, 0.25) is 5.89 Å². The minimum absolute atomic E-state index is 0.100. The number of benzene rings is 1. The number of nitrogens with zero attached hydrogens (tertiary/aromatic N) is 3. The van der Waals surface area contributed by atoms with Crippen LogP contribution < -0.4 is 0 Å². The quantitative estimate of drug-likeness (QED) is 0.839. The van der Waals surface area contributed by atoms with Gasteiger partial charge in [0.15, 0.2) is 5.82 Å². The molecule has 1 aromatic heterocycles. The molecule has 1 aliphatic heterocycles. The van der Waals surface area contributed by atoms with Gasteiger partial charge in [-0.15, -0.1) is 0 Å². The zero-order valence-electron chi connectivity index (χ0n) is 15.1. The number of rotatable bonds is 5. The van der Waals surface area contributed by atoms with Gasteiger partial charge in [-0.3, -0.25) is 4.90 Å². The Morgan fingerprint density at radius 1 is 1.29 bits per heavy atom. The minimum atomic E-state index is 0.100. The van der Waals surface area contributed by atoms with E-state index in [1.54, 1.807) is 0 Å². The van der Waals surface area contributed by atoms with Crippen molar-refractivity contribution in [2.75, 3.05) is 13.2 Å². The maximum Gasteiger partial charge on any atom is 0.226 e. The smallest absolute Gasteiger partial charge is 0.226 e. The molecule has 2 heterocycles. The zero-order valence-corrected chi connectivity index (χ0v) is 15.1. The lowest BCUT2D eigenvalue weighted by Crippen LogP contribution is -2.44. The Bertz CT molecular complexity index is 683. The SMILES string of the molecule is CCCc1nc(CN2CC(c3cc(C)ccc3C)OCC2C)no1. The summed E-state index contributed by atoms with van der Waals surface area (Å²) in [6, 6.07) is 6.91. The van der Waals surface area contributed by atoms with Gasteiger partial charge in [-0.05, 0) is 38.3 Å². The van der Waals surface area contributed by atoms with Gasteiger partial charge in [-0.25, -0.2) is 0 Å². The first-order valence-corrected chi connectivity index (χ1v) is 8.81. The summed E-state index contributed by atoms with van der Waals surface area (Å²) in [6.45, 7) is 10.9. The molecule has 0 N–H and O–H groups in total. The van der Waals surface area contributed by atoms with E-state index in [0.29, 0.717) is 12.6 Å². The van der Waals surface area contributed by atoms with Crippen molar-refractivity contribution in [1.82, 2.24) is 15.0 Å². The van der Waals surface area contributed by atoms with Crippen LogP contribution in [0.1, 0.15) is 54.8 Å². The topological polar surface area (TPSA) is 51.4 Å². The maximum atomic E-state index is 6.12. The Labute approximate surface area is 144 Å². The average molecular weight is 329 g/mol. The molecule has 0 amide bonds. The summed E-state index contributed by atoms with van der Waals surface area (Å²) in [5, 5.41) is 4.12. The predicted octanol–water partition coefficient (Wildman–Crippen LogP) is 3.60. The molecule has 0 radical (unpaired) electrons. The summed E-state index contributed by atoms with van der Waals surface area (Å²) in [5.41, 5.74) is 3.84. The monoisotopic (exact) mass is 329 g/mol. The fourth-order valence-electron chi connectivity index (χ4n) is 3.17. The van der Waals surface area contributed by atoms with Crippen molar-refractivity contribution in [2.45, 2.75) is 59.2 Å². The van der Waals surface area contributed by atoms with Crippen LogP contribution in [0, 0.1) is 13.8 Å². The third kappa shape index (κ3) is 3.84. The largest absolute Gasteiger partial charge is 0.371 e. The lowest BCUT2D eigenvalue weighted by Gasteiger charge is -2.38. The van der Waals surface area contributed by atoms with E-state index in [1.807, 2.05) is 0 Å². The average Bonchev–Trinajstić information content (AvgIpc) is 2.99. The van der Waals surface area contributed by atoms with E-state index in [1.165, 1.54) is 16.7 Å². The Hall–Kier alpha value is -1.72. The van der Waals surface area contributed by atoms with Crippen LogP contribution >= 0.6 is 0 Å². The molecule has 5 heteroatoms. The number of ether oxygens (including phenoxy) is 1. The second-order valence-corrected chi connectivity index (χ2v) is 6.81. The van der Waals surface area contributed by atoms with E-state index in [4.69, 9.17) is 9.26 Å². The maximum absolute atomic E-state index is 6.12. The van der Waals surface area contributed by atoms with Crippen LogP contribution in [0.25, 0.3) is 0 Å². The van der Waals surface area contributed by atoms with E-state index >= 15 is 0 Å². The number of morpholine rings is 1. The van der Waals surface area contributed by atoms with Crippen LogP contribution in [0.4, 0.5) is 0 Å². The molecule has 24 heavy (non-hydrogen) atoms. The van der Waals surface area contributed by atoms with Gasteiger partial charge in [0.25, 0.3) is 0 Å². The van der Waals surface area contributed by atoms with Gasteiger partial charge in [0.05, 0.1) is 19.3 Å². The molecule has 1 aliphatic rings. The van der Waals surface area contributed by atoms with Crippen molar-refractivity contribution in [1.29, 1.82) is 0 Å². The number of aryl methyl sites for hydroxylation is 3. The first-order chi connectivity index (χ1) is 11.6. The van der Waals surface area contributed by atoms with Crippen molar-refractivity contribution in [3.63, 3.8) is 0 Å². The van der Waals surface area contributed by atoms with E-state index in [0.717, 1.165) is 37.7 Å². The highest BCUT2D eigenvalue weighted by Gasteiger charge is 2.29. The molecule has 0 spiro atoms. The van der Waals surface area contributed by atoms with Gasteiger partial charge in [-0.1, -0.05) is 35.8 Å². The highest BCUT2D eigenvalue weighted by atomic mass is 16.5. The fraction of sp³-hybridized carbons (Fsp3) is 0.579. The summed E-state index contributed by atoms with van der Waals surface area (Å²) < 4.78 is 11.4. The molecule has 2 aromatic rings. The molecule has 0 aliphatic carbocycles. The third-order valence-electron chi connectivity index (χ3n) is 4.66. The Balaban J connectivity index is 1.72. The molecule has 2 atom stereocenters. The van der Waals surface area contributed by atoms with Gasteiger partial charge >= 0.3 is 0 Å². The van der Waals surface area contributed by atoms with Crippen molar-refractivity contribution >= 4 is 0 Å². The summed E-state index contributed by atoms with van der Waals surface area (Å²) in [6.07, 6.45) is 1.96. The summed E-state index contributed by atoms with van der Waals surface area (Å²) in [5.74, 6) is 1.51. The van der Waals surface area contributed by atoms with Crippen LogP contribution in [-0.2, 0) is 17.7 Å². The number of aromatic nitrogens is 2. The molecule has 3 rings (SSSR count). The van der Waals surface area contributed by atoms with Crippen molar-refractivity contribution in [2.24, 2.45) is 0 Å². The van der Waals surface area contributed by atoms with Crippen molar-refractivity contribution < 1.29 is 9.26 Å². The first-order valence-electron chi connectivity index (χ1n) is 8.81. The summed E-state index contributed by atoms with van der Waals surface area (Å²) in [7, 11) is 0. The minimum Gasteiger partial charge on any atom is -0.371 e. The van der Waals surface area contributed by atoms with Crippen molar-refractivity contribution in [3.8, 4) is 0 Å². The normalized spacial score (nSPS) is 22.0. The van der Waals surface area contributed by atoms with Crippen LogP contribution in [-0.4, -0.2) is 34.2 Å². The highest BCUT2D eigenvalue weighted by molar-refractivity contribution is 5.32. The Kier molecular flexibility index (Phi) is 5.31. The third-order valence-corrected chi connectivity index (χ3v) is 4.66. The molecular weight excluding hydrogens is 302 g/mol. The molecule has 0 bridgehead atoms. The van der Waals surface area contributed by atoms with E-state index in [-0.39, 0.29) is 6.10 Å². The molecule has 1 fully saturated rings.